The third-order valence-electron chi connectivity index (χ3n) is 4.87. The van der Waals surface area contributed by atoms with E-state index in [9.17, 15) is 9.18 Å². The van der Waals surface area contributed by atoms with Crippen molar-refractivity contribution < 1.29 is 23.4 Å². The average molecular weight is 467 g/mol. The summed E-state index contributed by atoms with van der Waals surface area (Å²) >= 11 is 1.25. The fourth-order valence-electron chi connectivity index (χ4n) is 3.40. The Kier molecular flexibility index (Phi) is 7.16. The first-order chi connectivity index (χ1) is 16.1. The molecule has 0 aliphatic rings. The second-order valence-corrected chi connectivity index (χ2v) is 8.20. The van der Waals surface area contributed by atoms with Crippen LogP contribution in [-0.2, 0) is 17.9 Å². The quantitative estimate of drug-likeness (QED) is 0.343. The lowest BCUT2D eigenvalue weighted by Gasteiger charge is -2.09. The lowest BCUT2D eigenvalue weighted by molar-refractivity contribution is 0.0950. The van der Waals surface area contributed by atoms with Crippen LogP contribution in [0.4, 0.5) is 4.39 Å². The van der Waals surface area contributed by atoms with Crippen LogP contribution in [0.5, 0.6) is 17.4 Å². The molecule has 0 saturated carbocycles. The molecule has 4 rings (SSSR count). The van der Waals surface area contributed by atoms with Gasteiger partial charge in [0.1, 0.15) is 17.3 Å². The second-order valence-electron chi connectivity index (χ2n) is 7.15. The first-order valence-corrected chi connectivity index (χ1v) is 11.2. The Labute approximate surface area is 194 Å². The molecule has 6 nitrogen and oxygen atoms in total. The molecule has 1 amide bonds. The van der Waals surface area contributed by atoms with Crippen LogP contribution in [0.1, 0.15) is 27.7 Å². The Hall–Kier alpha value is -3.49. The van der Waals surface area contributed by atoms with Gasteiger partial charge in [-0.3, -0.25) is 4.79 Å². The van der Waals surface area contributed by atoms with Gasteiger partial charge in [0.05, 0.1) is 18.1 Å². The maximum absolute atomic E-state index is 14.4. The van der Waals surface area contributed by atoms with E-state index in [1.54, 1.807) is 42.6 Å². The number of nitrogens with zero attached hydrogens (tertiary/aromatic N) is 1. The Morgan fingerprint density at radius 2 is 1.91 bits per heavy atom. The second kappa shape index (κ2) is 10.4. The molecule has 0 saturated heterocycles. The van der Waals surface area contributed by atoms with Gasteiger partial charge in [-0.15, -0.1) is 11.3 Å². The summed E-state index contributed by atoms with van der Waals surface area (Å²) in [5, 5.41) is 3.34. The van der Waals surface area contributed by atoms with Crippen molar-refractivity contribution in [1.29, 1.82) is 0 Å². The topological polar surface area (TPSA) is 69.7 Å². The molecule has 2 aromatic heterocycles. The molecule has 1 N–H and O–H groups in total. The average Bonchev–Trinajstić information content (AvgIpc) is 3.19. The Bertz CT molecular complexity index is 1260. The predicted molar refractivity (Wildman–Crippen MR) is 126 cm³/mol. The van der Waals surface area contributed by atoms with Gasteiger partial charge in [0.15, 0.2) is 0 Å². The van der Waals surface area contributed by atoms with Crippen molar-refractivity contribution in [1.82, 2.24) is 10.3 Å². The van der Waals surface area contributed by atoms with E-state index in [2.05, 4.69) is 10.3 Å². The van der Waals surface area contributed by atoms with Crippen molar-refractivity contribution in [3.63, 3.8) is 0 Å². The van der Waals surface area contributed by atoms with Gasteiger partial charge in [-0.2, -0.15) is 0 Å². The maximum atomic E-state index is 14.4. The number of amides is 1. The number of rotatable bonds is 9. The Balaban J connectivity index is 1.46. The molecule has 2 heterocycles. The summed E-state index contributed by atoms with van der Waals surface area (Å²) in [6.07, 6.45) is 1.62. The first-order valence-electron chi connectivity index (χ1n) is 10.4. The van der Waals surface area contributed by atoms with Crippen LogP contribution in [0.2, 0.25) is 0 Å². The van der Waals surface area contributed by atoms with Crippen molar-refractivity contribution in [2.24, 2.45) is 0 Å². The molecule has 33 heavy (non-hydrogen) atoms. The van der Waals surface area contributed by atoms with Gasteiger partial charge in [0.2, 0.25) is 5.88 Å². The van der Waals surface area contributed by atoms with Gasteiger partial charge < -0.3 is 19.5 Å². The van der Waals surface area contributed by atoms with E-state index in [1.165, 1.54) is 24.5 Å². The number of carbonyl (C=O) groups excluding carboxylic acids is 1. The van der Waals surface area contributed by atoms with E-state index >= 15 is 0 Å². The van der Waals surface area contributed by atoms with Gasteiger partial charge in [-0.05, 0) is 55.0 Å². The molecule has 0 aliphatic carbocycles. The molecule has 0 bridgehead atoms. The van der Waals surface area contributed by atoms with Crippen molar-refractivity contribution in [3.05, 3.63) is 82.6 Å². The number of halogens is 1. The monoisotopic (exact) mass is 466 g/mol. The summed E-state index contributed by atoms with van der Waals surface area (Å²) in [6.45, 7) is 2.94. The third-order valence-corrected chi connectivity index (χ3v) is 6.06. The van der Waals surface area contributed by atoms with Gasteiger partial charge >= 0.3 is 0 Å². The summed E-state index contributed by atoms with van der Waals surface area (Å²) in [5.41, 5.74) is 1.38. The number of hydrogen-bond acceptors (Lipinski definition) is 6. The number of benzene rings is 2. The molecular weight excluding hydrogens is 443 g/mol. The summed E-state index contributed by atoms with van der Waals surface area (Å²) < 4.78 is 31.6. The lowest BCUT2D eigenvalue weighted by Crippen LogP contribution is -2.23. The minimum atomic E-state index is -0.361. The highest BCUT2D eigenvalue weighted by Crippen LogP contribution is 2.34. The fraction of sp³-hybridized carbons (Fsp3) is 0.200. The van der Waals surface area contributed by atoms with Crippen LogP contribution in [0.25, 0.3) is 10.1 Å². The molecule has 0 radical (unpaired) electrons. The van der Waals surface area contributed by atoms with E-state index in [4.69, 9.17) is 14.2 Å². The molecule has 170 valence electrons. The Morgan fingerprint density at radius 1 is 1.12 bits per heavy atom. The zero-order valence-corrected chi connectivity index (χ0v) is 19.1. The number of carbonyl (C=O) groups is 1. The molecule has 0 unspecified atom stereocenters. The van der Waals surface area contributed by atoms with Crippen LogP contribution in [0.15, 0.2) is 60.8 Å². The molecule has 4 aromatic rings. The predicted octanol–water partition coefficient (Wildman–Crippen LogP) is 5.70. The number of thiophene rings is 1. The first kappa shape index (κ1) is 22.7. The fourth-order valence-corrected chi connectivity index (χ4v) is 4.54. The van der Waals surface area contributed by atoms with Gasteiger partial charge in [0.25, 0.3) is 5.91 Å². The summed E-state index contributed by atoms with van der Waals surface area (Å²) in [5.74, 6) is 1.16. The van der Waals surface area contributed by atoms with E-state index in [-0.39, 0.29) is 24.9 Å². The third kappa shape index (κ3) is 5.30. The number of hydrogen-bond donors (Lipinski definition) is 1. The van der Waals surface area contributed by atoms with Crippen molar-refractivity contribution >= 4 is 27.3 Å². The van der Waals surface area contributed by atoms with Gasteiger partial charge in [0, 0.05) is 41.6 Å². The summed E-state index contributed by atoms with van der Waals surface area (Å²) in [4.78, 5) is 17.6. The number of fused-ring (bicyclic) bond motifs is 1. The highest BCUT2D eigenvalue weighted by atomic mass is 32.1. The summed E-state index contributed by atoms with van der Waals surface area (Å²) in [6, 6.07) is 15.6. The molecular formula is C25H23FN2O4S. The van der Waals surface area contributed by atoms with Crippen molar-refractivity contribution in [2.45, 2.75) is 20.1 Å². The number of pyridine rings is 1. The SMILES string of the molecule is CCOc1ccc(Oc2cc(CNC(=O)c3sc4cccc(F)c4c3COC)ccn2)cc1. The van der Waals surface area contributed by atoms with Crippen molar-refractivity contribution in [2.75, 3.05) is 13.7 Å². The molecule has 2 aromatic carbocycles. The smallest absolute Gasteiger partial charge is 0.262 e. The minimum Gasteiger partial charge on any atom is -0.494 e. The minimum absolute atomic E-state index is 0.152. The van der Waals surface area contributed by atoms with E-state index in [0.29, 0.717) is 38.8 Å². The van der Waals surface area contributed by atoms with Gasteiger partial charge in [-0.25, -0.2) is 9.37 Å². The van der Waals surface area contributed by atoms with Crippen LogP contribution >= 0.6 is 11.3 Å². The van der Waals surface area contributed by atoms with E-state index in [1.807, 2.05) is 19.1 Å². The van der Waals surface area contributed by atoms with Gasteiger partial charge in [-0.1, -0.05) is 6.07 Å². The van der Waals surface area contributed by atoms with Crippen LogP contribution in [0, 0.1) is 5.82 Å². The van der Waals surface area contributed by atoms with Crippen LogP contribution in [0.3, 0.4) is 0 Å². The number of ether oxygens (including phenoxy) is 3. The number of nitrogens with one attached hydrogen (secondary N) is 1. The van der Waals surface area contributed by atoms with Crippen molar-refractivity contribution in [3.8, 4) is 17.4 Å². The summed E-state index contributed by atoms with van der Waals surface area (Å²) in [7, 11) is 1.52. The highest BCUT2D eigenvalue weighted by molar-refractivity contribution is 7.21. The molecule has 0 spiro atoms. The standard InChI is InChI=1S/C25H23FN2O4S/c1-3-31-17-7-9-18(10-8-17)32-22-13-16(11-12-27-22)14-28-25(29)24-19(15-30-2)23-20(26)5-4-6-21(23)33-24/h4-13H,3,14-15H2,1-2H3,(H,28,29). The van der Waals surface area contributed by atoms with Crippen LogP contribution in [-0.4, -0.2) is 24.6 Å². The zero-order chi connectivity index (χ0) is 23.2. The largest absolute Gasteiger partial charge is 0.494 e. The number of methoxy groups -OCH3 is 1. The van der Waals surface area contributed by atoms with E-state index in [0.717, 1.165) is 11.3 Å². The maximum Gasteiger partial charge on any atom is 0.262 e. The number of aromatic nitrogens is 1. The Morgan fingerprint density at radius 3 is 2.67 bits per heavy atom. The highest BCUT2D eigenvalue weighted by Gasteiger charge is 2.20. The lowest BCUT2D eigenvalue weighted by atomic mass is 10.1. The normalized spacial score (nSPS) is 10.9. The molecule has 8 heteroatoms. The van der Waals surface area contributed by atoms with E-state index < -0.39 is 0 Å². The molecule has 0 aliphatic heterocycles. The van der Waals surface area contributed by atoms with Crippen LogP contribution < -0.4 is 14.8 Å². The molecule has 0 atom stereocenters. The molecule has 0 fully saturated rings. The zero-order valence-electron chi connectivity index (χ0n) is 18.3.